The van der Waals surface area contributed by atoms with Gasteiger partial charge >= 0.3 is 5.97 Å². The van der Waals surface area contributed by atoms with Crippen LogP contribution in [0.4, 0.5) is 5.69 Å². The van der Waals surface area contributed by atoms with Crippen LogP contribution < -0.4 is 0 Å². The summed E-state index contributed by atoms with van der Waals surface area (Å²) in [6.07, 6.45) is 0. The van der Waals surface area contributed by atoms with E-state index in [0.29, 0.717) is 10.9 Å². The Labute approximate surface area is 103 Å². The summed E-state index contributed by atoms with van der Waals surface area (Å²) in [4.78, 5) is 21.7. The van der Waals surface area contributed by atoms with E-state index in [1.165, 1.54) is 19.2 Å². The second-order valence-electron chi connectivity index (χ2n) is 3.95. The summed E-state index contributed by atoms with van der Waals surface area (Å²) in [5.41, 5.74) is 1.27. The maximum Gasteiger partial charge on any atom is 0.337 e. The first-order valence-electron chi connectivity index (χ1n) is 5.30. The standard InChI is InChI=1S/C13H11NO4/c1-8-5-10(13(15)18-2)6-9-7-11(14(16)17)3-4-12(8)9/h3-7H,1-2H3. The highest BCUT2D eigenvalue weighted by Crippen LogP contribution is 2.25. The van der Waals surface area contributed by atoms with E-state index < -0.39 is 10.9 Å². The number of nitrogens with zero attached hydrogens (tertiary/aromatic N) is 1. The number of esters is 1. The lowest BCUT2D eigenvalue weighted by molar-refractivity contribution is -0.384. The van der Waals surface area contributed by atoms with Crippen LogP contribution in [0, 0.1) is 17.0 Å². The minimum absolute atomic E-state index is 0.00363. The number of carbonyl (C=O) groups is 1. The van der Waals surface area contributed by atoms with E-state index in [1.54, 1.807) is 18.2 Å². The number of benzene rings is 2. The molecule has 0 radical (unpaired) electrons. The van der Waals surface area contributed by atoms with Gasteiger partial charge in [0.05, 0.1) is 17.6 Å². The summed E-state index contributed by atoms with van der Waals surface area (Å²) in [5, 5.41) is 12.3. The lowest BCUT2D eigenvalue weighted by Crippen LogP contribution is -2.01. The second-order valence-corrected chi connectivity index (χ2v) is 3.95. The largest absolute Gasteiger partial charge is 0.465 e. The number of rotatable bonds is 2. The first-order valence-corrected chi connectivity index (χ1v) is 5.30. The minimum Gasteiger partial charge on any atom is -0.465 e. The molecule has 0 bridgehead atoms. The van der Waals surface area contributed by atoms with Crippen LogP contribution in [-0.2, 0) is 4.74 Å². The van der Waals surface area contributed by atoms with Crippen molar-refractivity contribution in [3.63, 3.8) is 0 Å². The number of hydrogen-bond acceptors (Lipinski definition) is 4. The van der Waals surface area contributed by atoms with Crippen molar-refractivity contribution in [1.29, 1.82) is 0 Å². The highest BCUT2D eigenvalue weighted by Gasteiger charge is 2.11. The number of nitro groups is 1. The summed E-state index contributed by atoms with van der Waals surface area (Å²) in [5.74, 6) is -0.452. The zero-order chi connectivity index (χ0) is 13.3. The van der Waals surface area contributed by atoms with Crippen molar-refractivity contribution < 1.29 is 14.5 Å². The van der Waals surface area contributed by atoms with E-state index in [4.69, 9.17) is 0 Å². The Bertz CT molecular complexity index is 649. The molecule has 5 heteroatoms. The molecule has 2 aromatic rings. The first kappa shape index (κ1) is 12.0. The Morgan fingerprint density at radius 3 is 2.61 bits per heavy atom. The van der Waals surface area contributed by atoms with Gasteiger partial charge in [0.1, 0.15) is 0 Å². The summed E-state index contributed by atoms with van der Waals surface area (Å²) in [6.45, 7) is 1.85. The number of ether oxygens (including phenoxy) is 1. The summed E-state index contributed by atoms with van der Waals surface area (Å²) < 4.78 is 4.65. The Morgan fingerprint density at radius 2 is 2.00 bits per heavy atom. The van der Waals surface area contributed by atoms with Crippen molar-refractivity contribution in [3.05, 3.63) is 51.6 Å². The van der Waals surface area contributed by atoms with Gasteiger partial charge in [-0.15, -0.1) is 0 Å². The Kier molecular flexibility index (Phi) is 2.97. The highest BCUT2D eigenvalue weighted by molar-refractivity contribution is 5.97. The molecule has 18 heavy (non-hydrogen) atoms. The van der Waals surface area contributed by atoms with Gasteiger partial charge in [-0.25, -0.2) is 4.79 Å². The summed E-state index contributed by atoms with van der Waals surface area (Å²) in [6, 6.07) is 7.90. The van der Waals surface area contributed by atoms with E-state index in [-0.39, 0.29) is 5.69 Å². The van der Waals surface area contributed by atoms with Crippen LogP contribution in [0.5, 0.6) is 0 Å². The topological polar surface area (TPSA) is 69.4 Å². The molecule has 0 saturated heterocycles. The molecule has 0 amide bonds. The predicted molar refractivity (Wildman–Crippen MR) is 66.7 cm³/mol. The van der Waals surface area contributed by atoms with E-state index in [0.717, 1.165) is 10.9 Å². The van der Waals surface area contributed by atoms with Gasteiger partial charge in [0.2, 0.25) is 0 Å². The third kappa shape index (κ3) is 2.02. The van der Waals surface area contributed by atoms with Crippen LogP contribution in [0.25, 0.3) is 10.8 Å². The lowest BCUT2D eigenvalue weighted by Gasteiger charge is -2.05. The summed E-state index contributed by atoms with van der Waals surface area (Å²) in [7, 11) is 1.30. The van der Waals surface area contributed by atoms with Gasteiger partial charge in [-0.3, -0.25) is 10.1 Å². The summed E-state index contributed by atoms with van der Waals surface area (Å²) >= 11 is 0. The zero-order valence-electron chi connectivity index (χ0n) is 9.97. The van der Waals surface area contributed by atoms with Crippen LogP contribution in [0.2, 0.25) is 0 Å². The third-order valence-corrected chi connectivity index (χ3v) is 2.77. The number of carbonyl (C=O) groups excluding carboxylic acids is 1. The van der Waals surface area contributed by atoms with Gasteiger partial charge in [-0.2, -0.15) is 0 Å². The van der Waals surface area contributed by atoms with Crippen molar-refractivity contribution in [3.8, 4) is 0 Å². The molecule has 0 aromatic heterocycles. The molecule has 0 unspecified atom stereocenters. The third-order valence-electron chi connectivity index (χ3n) is 2.77. The molecule has 0 aliphatic carbocycles. The zero-order valence-corrected chi connectivity index (χ0v) is 9.97. The number of methoxy groups -OCH3 is 1. The predicted octanol–water partition coefficient (Wildman–Crippen LogP) is 2.84. The van der Waals surface area contributed by atoms with Crippen molar-refractivity contribution >= 4 is 22.4 Å². The van der Waals surface area contributed by atoms with E-state index in [9.17, 15) is 14.9 Å². The Hall–Kier alpha value is -2.43. The molecular weight excluding hydrogens is 234 g/mol. The normalized spacial score (nSPS) is 10.3. The van der Waals surface area contributed by atoms with E-state index in [1.807, 2.05) is 6.92 Å². The number of aryl methyl sites for hydroxylation is 1. The number of non-ortho nitro benzene ring substituents is 1. The van der Waals surface area contributed by atoms with Crippen LogP contribution in [0.3, 0.4) is 0 Å². The van der Waals surface area contributed by atoms with Crippen molar-refractivity contribution in [2.75, 3.05) is 7.11 Å². The Balaban J connectivity index is 2.68. The molecule has 0 heterocycles. The highest BCUT2D eigenvalue weighted by atomic mass is 16.6. The fourth-order valence-electron chi connectivity index (χ4n) is 1.90. The van der Waals surface area contributed by atoms with E-state index in [2.05, 4.69) is 4.74 Å². The number of nitro benzene ring substituents is 1. The van der Waals surface area contributed by atoms with Crippen molar-refractivity contribution in [2.24, 2.45) is 0 Å². The maximum atomic E-state index is 11.5. The molecule has 0 spiro atoms. The molecule has 0 atom stereocenters. The molecule has 2 aromatic carbocycles. The van der Waals surface area contributed by atoms with Gasteiger partial charge in [0, 0.05) is 12.1 Å². The van der Waals surface area contributed by atoms with Gasteiger partial charge in [0.15, 0.2) is 0 Å². The van der Waals surface area contributed by atoms with Gasteiger partial charge in [-0.05, 0) is 41.5 Å². The molecule has 0 saturated carbocycles. The van der Waals surface area contributed by atoms with Crippen LogP contribution in [0.1, 0.15) is 15.9 Å². The fraction of sp³-hybridized carbons (Fsp3) is 0.154. The molecule has 0 N–H and O–H groups in total. The molecule has 2 rings (SSSR count). The number of hydrogen-bond donors (Lipinski definition) is 0. The SMILES string of the molecule is COC(=O)c1cc(C)c2ccc([N+](=O)[O-])cc2c1. The molecule has 0 fully saturated rings. The van der Waals surface area contributed by atoms with Crippen molar-refractivity contribution in [1.82, 2.24) is 0 Å². The van der Waals surface area contributed by atoms with Gasteiger partial charge in [0.25, 0.3) is 5.69 Å². The molecule has 5 nitrogen and oxygen atoms in total. The molecule has 92 valence electrons. The van der Waals surface area contributed by atoms with Crippen molar-refractivity contribution in [2.45, 2.75) is 6.92 Å². The maximum absolute atomic E-state index is 11.5. The van der Waals surface area contributed by atoms with Gasteiger partial charge in [-0.1, -0.05) is 0 Å². The first-order chi connectivity index (χ1) is 8.52. The fourth-order valence-corrected chi connectivity index (χ4v) is 1.90. The lowest BCUT2D eigenvalue weighted by atomic mass is 10.0. The average molecular weight is 245 g/mol. The average Bonchev–Trinajstić information content (AvgIpc) is 2.36. The van der Waals surface area contributed by atoms with Gasteiger partial charge < -0.3 is 4.74 Å². The Morgan fingerprint density at radius 1 is 1.28 bits per heavy atom. The smallest absolute Gasteiger partial charge is 0.337 e. The molecule has 0 aliphatic rings. The minimum atomic E-state index is -0.459. The second kappa shape index (κ2) is 4.44. The van der Waals surface area contributed by atoms with Crippen LogP contribution in [-0.4, -0.2) is 18.0 Å². The van der Waals surface area contributed by atoms with Crippen LogP contribution in [0.15, 0.2) is 30.3 Å². The molecular formula is C13H11NO4. The van der Waals surface area contributed by atoms with E-state index >= 15 is 0 Å². The molecule has 0 aliphatic heterocycles. The van der Waals surface area contributed by atoms with Crippen LogP contribution >= 0.6 is 0 Å². The quantitative estimate of drug-likeness (QED) is 0.463. The number of fused-ring (bicyclic) bond motifs is 1. The monoisotopic (exact) mass is 245 g/mol.